The molecule has 0 aliphatic carbocycles. The van der Waals surface area contributed by atoms with Gasteiger partial charge in [0, 0.05) is 12.2 Å². The molecule has 126 valence electrons. The molecule has 1 atom stereocenters. The molecular formula is C18H27N3O2. The fourth-order valence-electron chi connectivity index (χ4n) is 2.97. The first kappa shape index (κ1) is 17.5. The van der Waals surface area contributed by atoms with Crippen LogP contribution in [0.3, 0.4) is 0 Å². The minimum Gasteiger partial charge on any atom is -0.369 e. The SMILES string of the molecule is CCCCc1ccc(NC(=O)CN2CCC[C@H](C(N)=O)C2)cc1. The molecule has 23 heavy (non-hydrogen) atoms. The number of likely N-dealkylation sites (tertiary alicyclic amines) is 1. The number of piperidine rings is 1. The van der Waals surface area contributed by atoms with E-state index in [1.807, 2.05) is 17.0 Å². The van der Waals surface area contributed by atoms with Gasteiger partial charge in [-0.1, -0.05) is 25.5 Å². The highest BCUT2D eigenvalue weighted by molar-refractivity contribution is 5.92. The van der Waals surface area contributed by atoms with E-state index in [0.29, 0.717) is 13.1 Å². The Kier molecular flexibility index (Phi) is 6.59. The Hall–Kier alpha value is -1.88. The number of unbranched alkanes of at least 4 members (excludes halogenated alkanes) is 1. The average molecular weight is 317 g/mol. The summed E-state index contributed by atoms with van der Waals surface area (Å²) < 4.78 is 0. The van der Waals surface area contributed by atoms with E-state index in [9.17, 15) is 9.59 Å². The van der Waals surface area contributed by atoms with Crippen molar-refractivity contribution in [1.29, 1.82) is 0 Å². The van der Waals surface area contributed by atoms with Gasteiger partial charge in [0.1, 0.15) is 0 Å². The maximum atomic E-state index is 12.1. The summed E-state index contributed by atoms with van der Waals surface area (Å²) in [6, 6.07) is 8.03. The van der Waals surface area contributed by atoms with Crippen LogP contribution in [0, 0.1) is 5.92 Å². The first-order valence-electron chi connectivity index (χ1n) is 8.49. The summed E-state index contributed by atoms with van der Waals surface area (Å²) in [4.78, 5) is 25.4. The summed E-state index contributed by atoms with van der Waals surface area (Å²) in [7, 11) is 0. The molecule has 0 spiro atoms. The number of rotatable bonds is 7. The highest BCUT2D eigenvalue weighted by Crippen LogP contribution is 2.16. The molecule has 1 aliphatic heterocycles. The normalized spacial score (nSPS) is 18.6. The van der Waals surface area contributed by atoms with Crippen molar-refractivity contribution in [3.8, 4) is 0 Å². The van der Waals surface area contributed by atoms with Gasteiger partial charge in [-0.15, -0.1) is 0 Å². The second-order valence-corrected chi connectivity index (χ2v) is 6.33. The molecule has 1 saturated heterocycles. The highest BCUT2D eigenvalue weighted by atomic mass is 16.2. The van der Waals surface area contributed by atoms with Gasteiger partial charge in [0.2, 0.25) is 11.8 Å². The van der Waals surface area contributed by atoms with Gasteiger partial charge in [0.25, 0.3) is 0 Å². The van der Waals surface area contributed by atoms with Crippen LogP contribution in [0.1, 0.15) is 38.2 Å². The molecule has 1 aromatic rings. The van der Waals surface area contributed by atoms with Crippen LogP contribution in [0.4, 0.5) is 5.69 Å². The Balaban J connectivity index is 1.81. The van der Waals surface area contributed by atoms with E-state index < -0.39 is 0 Å². The van der Waals surface area contributed by atoms with Crippen LogP contribution in [0.15, 0.2) is 24.3 Å². The average Bonchev–Trinajstić information content (AvgIpc) is 2.54. The first-order chi connectivity index (χ1) is 11.1. The van der Waals surface area contributed by atoms with E-state index >= 15 is 0 Å². The minimum atomic E-state index is -0.266. The van der Waals surface area contributed by atoms with Gasteiger partial charge >= 0.3 is 0 Å². The summed E-state index contributed by atoms with van der Waals surface area (Å²) in [6.07, 6.45) is 5.18. The number of aryl methyl sites for hydroxylation is 1. The second kappa shape index (κ2) is 8.67. The molecular weight excluding hydrogens is 290 g/mol. The molecule has 1 aromatic carbocycles. The van der Waals surface area contributed by atoms with Gasteiger partial charge in [-0.3, -0.25) is 14.5 Å². The van der Waals surface area contributed by atoms with E-state index in [4.69, 9.17) is 5.73 Å². The molecule has 0 bridgehead atoms. The maximum absolute atomic E-state index is 12.1. The molecule has 1 aliphatic rings. The number of nitrogens with two attached hydrogens (primary N) is 1. The standard InChI is InChI=1S/C18H27N3O2/c1-2-3-5-14-7-9-16(10-8-14)20-17(22)13-21-11-4-6-15(12-21)18(19)23/h7-10,15H,2-6,11-13H2,1H3,(H2,19,23)(H,20,22)/t15-/m0/s1. The predicted octanol–water partition coefficient (Wildman–Crippen LogP) is 2.17. The molecule has 5 nitrogen and oxygen atoms in total. The van der Waals surface area contributed by atoms with E-state index in [-0.39, 0.29) is 17.7 Å². The Labute approximate surface area is 138 Å². The van der Waals surface area contributed by atoms with Crippen molar-refractivity contribution in [3.05, 3.63) is 29.8 Å². The molecule has 1 fully saturated rings. The van der Waals surface area contributed by atoms with E-state index in [1.165, 1.54) is 18.4 Å². The number of amides is 2. The summed E-state index contributed by atoms with van der Waals surface area (Å²) in [5.74, 6) is -0.441. The lowest BCUT2D eigenvalue weighted by Crippen LogP contribution is -2.44. The molecule has 2 amide bonds. The number of nitrogens with zero attached hydrogens (tertiary/aromatic N) is 1. The predicted molar refractivity (Wildman–Crippen MR) is 92.0 cm³/mol. The van der Waals surface area contributed by atoms with Crippen molar-refractivity contribution in [2.24, 2.45) is 11.7 Å². The van der Waals surface area contributed by atoms with Crippen LogP contribution in [-0.4, -0.2) is 36.3 Å². The zero-order valence-corrected chi connectivity index (χ0v) is 13.9. The zero-order chi connectivity index (χ0) is 16.7. The molecule has 0 saturated carbocycles. The van der Waals surface area contributed by atoms with Gasteiger partial charge in [0.05, 0.1) is 12.5 Å². The van der Waals surface area contributed by atoms with Gasteiger partial charge in [-0.25, -0.2) is 0 Å². The van der Waals surface area contributed by atoms with Crippen molar-refractivity contribution in [2.45, 2.75) is 39.0 Å². The smallest absolute Gasteiger partial charge is 0.238 e. The fraction of sp³-hybridized carbons (Fsp3) is 0.556. The van der Waals surface area contributed by atoms with Crippen LogP contribution in [0.2, 0.25) is 0 Å². The van der Waals surface area contributed by atoms with E-state index in [0.717, 1.165) is 31.5 Å². The second-order valence-electron chi connectivity index (χ2n) is 6.33. The van der Waals surface area contributed by atoms with Crippen molar-refractivity contribution >= 4 is 17.5 Å². The van der Waals surface area contributed by atoms with Crippen LogP contribution < -0.4 is 11.1 Å². The number of carbonyl (C=O) groups is 2. The van der Waals surface area contributed by atoms with Crippen LogP contribution >= 0.6 is 0 Å². The van der Waals surface area contributed by atoms with Gasteiger partial charge in [-0.05, 0) is 49.9 Å². The first-order valence-corrected chi connectivity index (χ1v) is 8.49. The van der Waals surface area contributed by atoms with Crippen LogP contribution in [0.25, 0.3) is 0 Å². The quantitative estimate of drug-likeness (QED) is 0.809. The van der Waals surface area contributed by atoms with Crippen LogP contribution in [0.5, 0.6) is 0 Å². The van der Waals surface area contributed by atoms with Crippen molar-refractivity contribution in [2.75, 3.05) is 25.0 Å². The molecule has 0 unspecified atom stereocenters. The van der Waals surface area contributed by atoms with Crippen molar-refractivity contribution in [1.82, 2.24) is 4.90 Å². The zero-order valence-electron chi connectivity index (χ0n) is 13.9. The summed E-state index contributed by atoms with van der Waals surface area (Å²) >= 11 is 0. The lowest BCUT2D eigenvalue weighted by atomic mass is 9.97. The third-order valence-corrected chi connectivity index (χ3v) is 4.33. The molecule has 2 rings (SSSR count). The number of nitrogens with one attached hydrogen (secondary N) is 1. The Morgan fingerprint density at radius 1 is 1.30 bits per heavy atom. The maximum Gasteiger partial charge on any atom is 0.238 e. The Bertz CT molecular complexity index is 528. The number of carbonyl (C=O) groups excluding carboxylic acids is 2. The molecule has 0 aromatic heterocycles. The Morgan fingerprint density at radius 3 is 2.70 bits per heavy atom. The molecule has 3 N–H and O–H groups in total. The van der Waals surface area contributed by atoms with Gasteiger partial charge in [-0.2, -0.15) is 0 Å². The van der Waals surface area contributed by atoms with Gasteiger partial charge < -0.3 is 11.1 Å². The highest BCUT2D eigenvalue weighted by Gasteiger charge is 2.25. The molecule has 1 heterocycles. The number of anilines is 1. The summed E-state index contributed by atoms with van der Waals surface area (Å²) in [5, 5.41) is 2.92. The van der Waals surface area contributed by atoms with E-state index in [2.05, 4.69) is 24.4 Å². The number of hydrogen-bond donors (Lipinski definition) is 2. The third kappa shape index (κ3) is 5.67. The molecule has 5 heteroatoms. The van der Waals surface area contributed by atoms with Crippen molar-refractivity contribution in [3.63, 3.8) is 0 Å². The summed E-state index contributed by atoms with van der Waals surface area (Å²) in [5.41, 5.74) is 7.48. The van der Waals surface area contributed by atoms with Crippen LogP contribution in [-0.2, 0) is 16.0 Å². The van der Waals surface area contributed by atoms with Crippen molar-refractivity contribution < 1.29 is 9.59 Å². The number of primary amides is 1. The fourth-order valence-corrected chi connectivity index (χ4v) is 2.97. The number of benzene rings is 1. The topological polar surface area (TPSA) is 75.4 Å². The lowest BCUT2D eigenvalue weighted by molar-refractivity contribution is -0.125. The minimum absolute atomic E-state index is 0.0450. The lowest BCUT2D eigenvalue weighted by Gasteiger charge is -2.30. The molecule has 0 radical (unpaired) electrons. The largest absolute Gasteiger partial charge is 0.369 e. The van der Waals surface area contributed by atoms with Gasteiger partial charge in [0.15, 0.2) is 0 Å². The number of hydrogen-bond acceptors (Lipinski definition) is 3. The summed E-state index contributed by atoms with van der Waals surface area (Å²) in [6.45, 7) is 3.91. The monoisotopic (exact) mass is 317 g/mol. The van der Waals surface area contributed by atoms with E-state index in [1.54, 1.807) is 0 Å². The third-order valence-electron chi connectivity index (χ3n) is 4.33. The Morgan fingerprint density at radius 2 is 2.04 bits per heavy atom.